The van der Waals surface area contributed by atoms with E-state index in [2.05, 4.69) is 52.8 Å². The predicted octanol–water partition coefficient (Wildman–Crippen LogP) is 3.46. The normalized spacial score (nSPS) is 13.9. The zero-order valence-corrected chi connectivity index (χ0v) is 11.2. The molecule has 0 saturated carbocycles. The fraction of sp³-hybridized carbons (Fsp3) is 0.600. The summed E-state index contributed by atoms with van der Waals surface area (Å²) >= 11 is 0. The highest BCUT2D eigenvalue weighted by molar-refractivity contribution is 5.34. The van der Waals surface area contributed by atoms with Crippen molar-refractivity contribution < 1.29 is 5.11 Å². The summed E-state index contributed by atoms with van der Waals surface area (Å²) in [4.78, 5) is 0. The Bertz CT molecular complexity index is 347. The van der Waals surface area contributed by atoms with E-state index in [-0.39, 0.29) is 12.0 Å². The van der Waals surface area contributed by atoms with Crippen LogP contribution in [0, 0.1) is 12.8 Å². The number of aliphatic hydroxyl groups is 1. The Morgan fingerprint density at radius 3 is 2.31 bits per heavy atom. The van der Waals surface area contributed by atoms with Crippen molar-refractivity contribution in [3.8, 4) is 0 Å². The quantitative estimate of drug-likeness (QED) is 0.827. The second-order valence-corrected chi connectivity index (χ2v) is 5.88. The minimum Gasteiger partial charge on any atom is -0.396 e. The van der Waals surface area contributed by atoms with Gasteiger partial charge >= 0.3 is 0 Å². The fourth-order valence-electron chi connectivity index (χ4n) is 1.83. The van der Waals surface area contributed by atoms with Gasteiger partial charge in [0.05, 0.1) is 0 Å². The molecular weight excluding hydrogens is 196 g/mol. The smallest absolute Gasteiger partial charge is 0.0459 e. The summed E-state index contributed by atoms with van der Waals surface area (Å²) in [6.45, 7) is 11.2. The van der Waals surface area contributed by atoms with Crippen LogP contribution in [0.25, 0.3) is 0 Å². The van der Waals surface area contributed by atoms with E-state index in [0.29, 0.717) is 5.92 Å². The third-order valence-corrected chi connectivity index (χ3v) is 3.09. The second-order valence-electron chi connectivity index (χ2n) is 5.88. The van der Waals surface area contributed by atoms with Gasteiger partial charge in [0, 0.05) is 6.61 Å². The summed E-state index contributed by atoms with van der Waals surface area (Å²) in [5.41, 5.74) is 4.29. The lowest BCUT2D eigenvalue weighted by Crippen LogP contribution is -2.12. The third kappa shape index (κ3) is 3.34. The van der Waals surface area contributed by atoms with Crippen molar-refractivity contribution in [2.24, 2.45) is 5.92 Å². The molecule has 1 nitrogen and oxygen atoms in total. The Hall–Kier alpha value is -0.820. The summed E-state index contributed by atoms with van der Waals surface area (Å²) in [7, 11) is 0. The highest BCUT2D eigenvalue weighted by Gasteiger charge is 2.14. The van der Waals surface area contributed by atoms with Gasteiger partial charge in [0.15, 0.2) is 0 Å². The van der Waals surface area contributed by atoms with Gasteiger partial charge in [-0.05, 0) is 41.4 Å². The molecule has 16 heavy (non-hydrogen) atoms. The van der Waals surface area contributed by atoms with Gasteiger partial charge in [-0.3, -0.25) is 0 Å². The van der Waals surface area contributed by atoms with Gasteiger partial charge in [-0.25, -0.2) is 0 Å². The van der Waals surface area contributed by atoms with Gasteiger partial charge < -0.3 is 5.11 Å². The standard InChI is InChI=1S/C15H24O/c1-11(10-16)8-13-6-7-14(9-12(13)2)15(3,4)5/h6-7,9,11,16H,8,10H2,1-5H3. The van der Waals surface area contributed by atoms with Gasteiger partial charge in [0.1, 0.15) is 0 Å². The first kappa shape index (κ1) is 13.2. The van der Waals surface area contributed by atoms with Crippen LogP contribution in [-0.2, 0) is 11.8 Å². The van der Waals surface area contributed by atoms with Crippen molar-refractivity contribution in [2.45, 2.75) is 46.5 Å². The van der Waals surface area contributed by atoms with Crippen LogP contribution >= 0.6 is 0 Å². The average Bonchev–Trinajstić information content (AvgIpc) is 2.19. The lowest BCUT2D eigenvalue weighted by Gasteiger charge is -2.21. The van der Waals surface area contributed by atoms with Crippen LogP contribution in [0.5, 0.6) is 0 Å². The van der Waals surface area contributed by atoms with Gasteiger partial charge in [-0.15, -0.1) is 0 Å². The Morgan fingerprint density at radius 2 is 1.88 bits per heavy atom. The molecule has 0 radical (unpaired) electrons. The molecule has 1 unspecified atom stereocenters. The molecule has 0 aliphatic rings. The topological polar surface area (TPSA) is 20.2 Å². The van der Waals surface area contributed by atoms with Crippen molar-refractivity contribution in [2.75, 3.05) is 6.61 Å². The first-order valence-electron chi connectivity index (χ1n) is 6.05. The van der Waals surface area contributed by atoms with Crippen molar-refractivity contribution in [3.05, 3.63) is 34.9 Å². The maximum absolute atomic E-state index is 9.07. The largest absolute Gasteiger partial charge is 0.396 e. The molecule has 0 heterocycles. The van der Waals surface area contributed by atoms with Crippen LogP contribution in [0.1, 0.15) is 44.4 Å². The van der Waals surface area contributed by atoms with Crippen LogP contribution < -0.4 is 0 Å². The number of rotatable bonds is 3. The number of benzene rings is 1. The summed E-state index contributed by atoms with van der Waals surface area (Å²) in [6.07, 6.45) is 0.965. The minimum atomic E-state index is 0.214. The van der Waals surface area contributed by atoms with Crippen LogP contribution in [0.2, 0.25) is 0 Å². The molecule has 1 aromatic carbocycles. The average molecular weight is 220 g/mol. The molecule has 0 spiro atoms. The molecule has 0 bridgehead atoms. The van der Waals surface area contributed by atoms with E-state index in [0.717, 1.165) is 6.42 Å². The SMILES string of the molecule is Cc1cc(C(C)(C)C)ccc1CC(C)CO. The number of hydrogen-bond acceptors (Lipinski definition) is 1. The molecule has 90 valence electrons. The number of aryl methyl sites for hydroxylation is 1. The lowest BCUT2D eigenvalue weighted by atomic mass is 9.84. The summed E-state index contributed by atoms with van der Waals surface area (Å²) < 4.78 is 0. The van der Waals surface area contributed by atoms with Crippen molar-refractivity contribution in [3.63, 3.8) is 0 Å². The van der Waals surface area contributed by atoms with Crippen LogP contribution in [0.4, 0.5) is 0 Å². The molecule has 1 rings (SSSR count). The van der Waals surface area contributed by atoms with Crippen molar-refractivity contribution in [1.82, 2.24) is 0 Å². The van der Waals surface area contributed by atoms with E-state index < -0.39 is 0 Å². The second kappa shape index (κ2) is 5.01. The molecule has 1 heteroatoms. The highest BCUT2D eigenvalue weighted by atomic mass is 16.3. The molecule has 0 aliphatic carbocycles. The van der Waals surface area contributed by atoms with E-state index in [4.69, 9.17) is 5.11 Å². The third-order valence-electron chi connectivity index (χ3n) is 3.09. The van der Waals surface area contributed by atoms with E-state index in [1.165, 1.54) is 16.7 Å². The summed E-state index contributed by atoms with van der Waals surface area (Å²) in [6, 6.07) is 6.70. The Labute approximate surface area is 99.5 Å². The first-order valence-corrected chi connectivity index (χ1v) is 6.05. The molecule has 0 fully saturated rings. The summed E-state index contributed by atoms with van der Waals surface area (Å²) in [5, 5.41) is 9.07. The van der Waals surface area contributed by atoms with E-state index in [1.54, 1.807) is 0 Å². The molecule has 1 N–H and O–H groups in total. The lowest BCUT2D eigenvalue weighted by molar-refractivity contribution is 0.237. The molecule has 0 saturated heterocycles. The van der Waals surface area contributed by atoms with Crippen LogP contribution in [0.3, 0.4) is 0 Å². The zero-order valence-electron chi connectivity index (χ0n) is 11.2. The molecule has 0 aliphatic heterocycles. The monoisotopic (exact) mass is 220 g/mol. The maximum atomic E-state index is 9.07. The van der Waals surface area contributed by atoms with Gasteiger partial charge in [-0.1, -0.05) is 45.9 Å². The Kier molecular flexibility index (Phi) is 4.15. The van der Waals surface area contributed by atoms with Crippen LogP contribution in [0.15, 0.2) is 18.2 Å². The van der Waals surface area contributed by atoms with Crippen LogP contribution in [-0.4, -0.2) is 11.7 Å². The fourth-order valence-corrected chi connectivity index (χ4v) is 1.83. The van der Waals surface area contributed by atoms with Gasteiger partial charge in [0.2, 0.25) is 0 Å². The first-order chi connectivity index (χ1) is 7.34. The number of hydrogen-bond donors (Lipinski definition) is 1. The molecule has 0 amide bonds. The summed E-state index contributed by atoms with van der Waals surface area (Å²) in [5.74, 6) is 0.346. The minimum absolute atomic E-state index is 0.214. The highest BCUT2D eigenvalue weighted by Crippen LogP contribution is 2.25. The van der Waals surface area contributed by atoms with E-state index >= 15 is 0 Å². The number of aliphatic hydroxyl groups excluding tert-OH is 1. The van der Waals surface area contributed by atoms with Gasteiger partial charge in [-0.2, -0.15) is 0 Å². The Morgan fingerprint density at radius 1 is 1.25 bits per heavy atom. The van der Waals surface area contributed by atoms with E-state index in [9.17, 15) is 0 Å². The molecule has 0 aromatic heterocycles. The molecule has 1 atom stereocenters. The maximum Gasteiger partial charge on any atom is 0.0459 e. The van der Waals surface area contributed by atoms with Crippen molar-refractivity contribution >= 4 is 0 Å². The molecule has 1 aromatic rings. The molecular formula is C15H24O. The predicted molar refractivity (Wildman–Crippen MR) is 69.8 cm³/mol. The van der Waals surface area contributed by atoms with Gasteiger partial charge in [0.25, 0.3) is 0 Å². The Balaban J connectivity index is 2.92. The zero-order chi connectivity index (χ0) is 12.3. The van der Waals surface area contributed by atoms with Crippen molar-refractivity contribution in [1.29, 1.82) is 0 Å². The van der Waals surface area contributed by atoms with E-state index in [1.807, 2.05) is 0 Å².